The molecule has 0 N–H and O–H groups in total. The number of rotatable bonds is 9. The van der Waals surface area contributed by atoms with Crippen molar-refractivity contribution in [1.82, 2.24) is 0 Å². The minimum Gasteiger partial charge on any atom is -0.363 e. The van der Waals surface area contributed by atoms with E-state index in [4.69, 9.17) is 5.10 Å². The number of hydrazone groups is 1. The van der Waals surface area contributed by atoms with E-state index in [9.17, 15) is 0 Å². The lowest BCUT2D eigenvalue weighted by atomic mass is 10.1. The topological polar surface area (TPSA) is 18.8 Å². The lowest BCUT2D eigenvalue weighted by molar-refractivity contribution is 0.799. The van der Waals surface area contributed by atoms with Gasteiger partial charge in [-0.05, 0) is 72.4 Å². The van der Waals surface area contributed by atoms with Crippen LogP contribution in [0, 0.1) is 6.92 Å². The van der Waals surface area contributed by atoms with Crippen molar-refractivity contribution in [2.75, 3.05) is 9.91 Å². The Bertz CT molecular complexity index is 1330. The van der Waals surface area contributed by atoms with Gasteiger partial charge in [-0.3, -0.25) is 0 Å². The monoisotopic (exact) mass is 483 g/mol. The van der Waals surface area contributed by atoms with Crippen LogP contribution in [0.4, 0.5) is 11.4 Å². The zero-order valence-corrected chi connectivity index (χ0v) is 21.4. The number of anilines is 2. The molecule has 37 heavy (non-hydrogen) atoms. The molecule has 0 saturated heterocycles. The quantitative estimate of drug-likeness (QED) is 0.176. The minimum absolute atomic E-state index is 0.852. The highest BCUT2D eigenvalue weighted by Crippen LogP contribution is 2.25. The maximum atomic E-state index is 4.93. The zero-order chi connectivity index (χ0) is 25.3. The average Bonchev–Trinajstić information content (AvgIpc) is 2.96. The molecule has 1 aliphatic rings. The Hall–Kier alpha value is -4.37. The summed E-state index contributed by atoms with van der Waals surface area (Å²) in [6, 6.07) is 38.4. The fourth-order valence-corrected chi connectivity index (χ4v) is 4.58. The summed E-state index contributed by atoms with van der Waals surface area (Å²) in [6.45, 7) is 3.87. The molecule has 0 aliphatic heterocycles. The number of para-hydroxylation sites is 1. The van der Waals surface area contributed by atoms with Crippen molar-refractivity contribution in [2.24, 2.45) is 5.10 Å². The van der Waals surface area contributed by atoms with Gasteiger partial charge in [0.2, 0.25) is 0 Å². The second-order valence-corrected chi connectivity index (χ2v) is 9.37. The first-order valence-electron chi connectivity index (χ1n) is 13.0. The van der Waals surface area contributed by atoms with Crippen LogP contribution in [0.15, 0.2) is 138 Å². The summed E-state index contributed by atoms with van der Waals surface area (Å²) in [6.07, 6.45) is 10.7. The van der Waals surface area contributed by atoms with E-state index in [0.717, 1.165) is 42.9 Å². The number of aryl methyl sites for hydroxylation is 1. The number of hydrogen-bond acceptors (Lipinski definition) is 3. The van der Waals surface area contributed by atoms with Crippen LogP contribution in [0.3, 0.4) is 0 Å². The molecular formula is C34H33N3. The summed E-state index contributed by atoms with van der Waals surface area (Å²) in [5.41, 5.74) is 8.30. The molecule has 0 aromatic heterocycles. The van der Waals surface area contributed by atoms with Gasteiger partial charge >= 0.3 is 0 Å². The molecule has 0 bridgehead atoms. The molecular weight excluding hydrogens is 450 g/mol. The smallest absolute Gasteiger partial charge is 0.0652 e. The molecule has 0 amide bonds. The van der Waals surface area contributed by atoms with E-state index < -0.39 is 0 Å². The van der Waals surface area contributed by atoms with E-state index in [1.165, 1.54) is 22.4 Å². The van der Waals surface area contributed by atoms with Crippen molar-refractivity contribution in [2.45, 2.75) is 32.9 Å². The van der Waals surface area contributed by atoms with Gasteiger partial charge < -0.3 is 4.90 Å². The maximum absolute atomic E-state index is 4.93. The summed E-state index contributed by atoms with van der Waals surface area (Å²) in [7, 11) is 0. The van der Waals surface area contributed by atoms with Gasteiger partial charge in [0.25, 0.3) is 0 Å². The molecule has 3 nitrogen and oxygen atoms in total. The molecule has 4 aromatic carbocycles. The largest absolute Gasteiger partial charge is 0.363 e. The first-order valence-corrected chi connectivity index (χ1v) is 13.0. The second kappa shape index (κ2) is 12.0. The van der Waals surface area contributed by atoms with Gasteiger partial charge in [-0.1, -0.05) is 97.1 Å². The molecule has 5 rings (SSSR count). The van der Waals surface area contributed by atoms with Crippen molar-refractivity contribution in [3.8, 4) is 0 Å². The Morgan fingerprint density at radius 2 is 1.32 bits per heavy atom. The summed E-state index contributed by atoms with van der Waals surface area (Å²) >= 11 is 0. The Labute approximate surface area is 220 Å². The molecule has 0 radical (unpaired) electrons. The molecule has 184 valence electrons. The molecule has 0 fully saturated rings. The molecule has 3 heteroatoms. The van der Waals surface area contributed by atoms with Crippen LogP contribution >= 0.6 is 0 Å². The fraction of sp³-hybridized carbons (Fsp3) is 0.147. The Morgan fingerprint density at radius 3 is 1.89 bits per heavy atom. The minimum atomic E-state index is 0.852. The summed E-state index contributed by atoms with van der Waals surface area (Å²) in [4.78, 5) is 2.44. The Kier molecular flexibility index (Phi) is 7.92. The van der Waals surface area contributed by atoms with E-state index >= 15 is 0 Å². The number of hydrogen-bond donors (Lipinski definition) is 0. The van der Waals surface area contributed by atoms with Crippen molar-refractivity contribution >= 4 is 17.6 Å². The van der Waals surface area contributed by atoms with Crippen LogP contribution in [-0.4, -0.2) is 6.21 Å². The average molecular weight is 484 g/mol. The maximum Gasteiger partial charge on any atom is 0.0652 e. The first-order chi connectivity index (χ1) is 18.3. The van der Waals surface area contributed by atoms with Gasteiger partial charge in [-0.15, -0.1) is 0 Å². The third-order valence-corrected chi connectivity index (χ3v) is 6.58. The fourth-order valence-electron chi connectivity index (χ4n) is 4.58. The van der Waals surface area contributed by atoms with Crippen LogP contribution in [0.2, 0.25) is 0 Å². The van der Waals surface area contributed by atoms with E-state index in [1.807, 2.05) is 17.3 Å². The lowest BCUT2D eigenvalue weighted by Crippen LogP contribution is -2.22. The van der Waals surface area contributed by atoms with Crippen LogP contribution < -0.4 is 9.91 Å². The van der Waals surface area contributed by atoms with Gasteiger partial charge in [0.15, 0.2) is 0 Å². The van der Waals surface area contributed by atoms with Gasteiger partial charge in [0.1, 0.15) is 0 Å². The zero-order valence-electron chi connectivity index (χ0n) is 21.4. The number of nitrogens with zero attached hydrogens (tertiary/aromatic N) is 3. The highest BCUT2D eigenvalue weighted by atomic mass is 15.5. The molecule has 0 saturated carbocycles. The highest BCUT2D eigenvalue weighted by molar-refractivity contribution is 5.84. The first kappa shape index (κ1) is 24.3. The van der Waals surface area contributed by atoms with E-state index in [-0.39, 0.29) is 0 Å². The number of benzene rings is 4. The molecule has 4 aromatic rings. The van der Waals surface area contributed by atoms with Crippen molar-refractivity contribution < 1.29 is 0 Å². The third kappa shape index (κ3) is 6.45. The Balaban J connectivity index is 1.41. The molecule has 0 heterocycles. The Morgan fingerprint density at radius 1 is 0.703 bits per heavy atom. The van der Waals surface area contributed by atoms with E-state index in [1.54, 1.807) is 0 Å². The lowest BCUT2D eigenvalue weighted by Gasteiger charge is -2.26. The van der Waals surface area contributed by atoms with Crippen LogP contribution in [0.25, 0.3) is 0 Å². The summed E-state index contributed by atoms with van der Waals surface area (Å²) < 4.78 is 0. The molecule has 0 unspecified atom stereocenters. The van der Waals surface area contributed by atoms with Crippen LogP contribution in [-0.2, 0) is 13.1 Å². The van der Waals surface area contributed by atoms with Gasteiger partial charge in [-0.25, -0.2) is 5.01 Å². The third-order valence-electron chi connectivity index (χ3n) is 6.58. The SMILES string of the molecule is Cc1cc(N(Cc2ccccc2)Cc2ccccc2)ccc1C=NN(C1=CCCC=C1)c1ccccc1. The second-order valence-electron chi connectivity index (χ2n) is 9.37. The van der Waals surface area contributed by atoms with E-state index in [2.05, 4.69) is 133 Å². The van der Waals surface area contributed by atoms with Crippen molar-refractivity contribution in [3.63, 3.8) is 0 Å². The standard InChI is InChI=1S/C34H33N3/c1-28-24-34(36(26-29-14-6-2-7-15-29)27-30-16-8-3-9-17-30)23-22-31(28)25-35-37(32-18-10-4-11-19-32)33-20-12-5-13-21-33/h2-4,6-12,14-25H,5,13,26-27H2,1H3. The van der Waals surface area contributed by atoms with Gasteiger partial charge in [0.05, 0.1) is 17.6 Å². The van der Waals surface area contributed by atoms with Crippen molar-refractivity contribution in [1.29, 1.82) is 0 Å². The molecule has 0 spiro atoms. The summed E-state index contributed by atoms with van der Waals surface area (Å²) in [5, 5.41) is 6.96. The predicted molar refractivity (Wildman–Crippen MR) is 157 cm³/mol. The van der Waals surface area contributed by atoms with Crippen LogP contribution in [0.1, 0.15) is 35.1 Å². The summed E-state index contributed by atoms with van der Waals surface area (Å²) in [5.74, 6) is 0. The number of allylic oxidation sites excluding steroid dienone is 3. The van der Waals surface area contributed by atoms with Gasteiger partial charge in [0, 0.05) is 18.8 Å². The van der Waals surface area contributed by atoms with Crippen LogP contribution in [0.5, 0.6) is 0 Å². The molecule has 1 aliphatic carbocycles. The van der Waals surface area contributed by atoms with Crippen molar-refractivity contribution in [3.05, 3.63) is 155 Å². The highest BCUT2D eigenvalue weighted by Gasteiger charge is 2.12. The van der Waals surface area contributed by atoms with E-state index in [0.29, 0.717) is 0 Å². The normalized spacial score (nSPS) is 12.9. The predicted octanol–water partition coefficient (Wildman–Crippen LogP) is 8.28. The van der Waals surface area contributed by atoms with Gasteiger partial charge in [-0.2, -0.15) is 5.10 Å². The molecule has 0 atom stereocenters.